The van der Waals surface area contributed by atoms with Crippen molar-refractivity contribution in [2.75, 3.05) is 18.2 Å². The van der Waals surface area contributed by atoms with Gasteiger partial charge in [-0.2, -0.15) is 0 Å². The van der Waals surface area contributed by atoms with Crippen LogP contribution in [0.2, 0.25) is 0 Å². The second-order valence-corrected chi connectivity index (χ2v) is 4.78. The van der Waals surface area contributed by atoms with Crippen LogP contribution in [0.15, 0.2) is 34.9 Å². The zero-order valence-corrected chi connectivity index (χ0v) is 11.8. The molecule has 0 fully saturated rings. The summed E-state index contributed by atoms with van der Waals surface area (Å²) in [6.45, 7) is 1.94. The summed E-state index contributed by atoms with van der Waals surface area (Å²) < 4.78 is 6.25. The number of methoxy groups -OCH3 is 1. The van der Waals surface area contributed by atoms with Crippen molar-refractivity contribution in [2.45, 2.75) is 6.92 Å². The molecule has 0 saturated heterocycles. The Kier molecular flexibility index (Phi) is 3.72. The Labute approximate surface area is 114 Å². The minimum Gasteiger partial charge on any atom is -0.495 e. The van der Waals surface area contributed by atoms with Crippen LogP contribution in [-0.4, -0.2) is 12.1 Å². The number of aromatic nitrogens is 1. The molecule has 0 bridgehead atoms. The maximum atomic E-state index is 5.98. The second-order valence-electron chi connectivity index (χ2n) is 3.86. The van der Waals surface area contributed by atoms with E-state index in [4.69, 9.17) is 10.5 Å². The summed E-state index contributed by atoms with van der Waals surface area (Å²) in [6.07, 6.45) is 1.72. The molecule has 0 spiro atoms. The highest BCUT2D eigenvalue weighted by Crippen LogP contribution is 2.32. The third kappa shape index (κ3) is 2.56. The molecule has 94 valence electrons. The van der Waals surface area contributed by atoms with Crippen molar-refractivity contribution < 1.29 is 4.74 Å². The summed E-state index contributed by atoms with van der Waals surface area (Å²) in [5.74, 6) is 1.37. The molecule has 5 heteroatoms. The zero-order chi connectivity index (χ0) is 13.1. The number of nitrogens with zero attached hydrogens (tertiary/aromatic N) is 1. The molecule has 0 aliphatic carbocycles. The first-order valence-electron chi connectivity index (χ1n) is 5.43. The number of ether oxygens (including phenoxy) is 1. The monoisotopic (exact) mass is 307 g/mol. The van der Waals surface area contributed by atoms with Crippen LogP contribution in [0.5, 0.6) is 5.75 Å². The van der Waals surface area contributed by atoms with Crippen LogP contribution >= 0.6 is 15.9 Å². The number of hydrogen-bond acceptors (Lipinski definition) is 4. The van der Waals surface area contributed by atoms with E-state index in [0.29, 0.717) is 11.5 Å². The third-order valence-corrected chi connectivity index (χ3v) is 3.12. The smallest absolute Gasteiger partial charge is 0.153 e. The number of anilines is 3. The molecule has 4 nitrogen and oxygen atoms in total. The average Bonchev–Trinajstić information content (AvgIpc) is 2.35. The molecular formula is C13H14BrN3O. The SMILES string of the molecule is COc1ccc(Br)cc1Nc1nccc(C)c1N. The molecule has 1 aromatic heterocycles. The van der Waals surface area contributed by atoms with Crippen molar-refractivity contribution >= 4 is 33.1 Å². The van der Waals surface area contributed by atoms with Crippen LogP contribution < -0.4 is 15.8 Å². The third-order valence-electron chi connectivity index (χ3n) is 2.62. The molecule has 0 aliphatic heterocycles. The van der Waals surface area contributed by atoms with Crippen molar-refractivity contribution in [3.05, 3.63) is 40.5 Å². The van der Waals surface area contributed by atoms with Gasteiger partial charge in [0, 0.05) is 10.7 Å². The summed E-state index contributed by atoms with van der Waals surface area (Å²) >= 11 is 3.42. The summed E-state index contributed by atoms with van der Waals surface area (Å²) in [4.78, 5) is 4.23. The molecule has 0 amide bonds. The number of aryl methyl sites for hydroxylation is 1. The lowest BCUT2D eigenvalue weighted by Crippen LogP contribution is -2.02. The molecule has 18 heavy (non-hydrogen) atoms. The number of rotatable bonds is 3. The Morgan fingerprint density at radius 1 is 1.33 bits per heavy atom. The molecule has 3 N–H and O–H groups in total. The first-order chi connectivity index (χ1) is 8.61. The van der Waals surface area contributed by atoms with Gasteiger partial charge < -0.3 is 15.8 Å². The van der Waals surface area contributed by atoms with Gasteiger partial charge in [-0.15, -0.1) is 0 Å². The molecule has 0 unspecified atom stereocenters. The lowest BCUT2D eigenvalue weighted by atomic mass is 10.2. The Morgan fingerprint density at radius 2 is 2.11 bits per heavy atom. The van der Waals surface area contributed by atoms with E-state index in [1.807, 2.05) is 31.2 Å². The fraction of sp³-hybridized carbons (Fsp3) is 0.154. The molecule has 1 aromatic carbocycles. The van der Waals surface area contributed by atoms with Crippen molar-refractivity contribution in [3.63, 3.8) is 0 Å². The van der Waals surface area contributed by atoms with Gasteiger partial charge in [-0.1, -0.05) is 15.9 Å². The second kappa shape index (κ2) is 5.27. The summed E-state index contributed by atoms with van der Waals surface area (Å²) in [5.41, 5.74) is 8.42. The normalized spacial score (nSPS) is 10.2. The van der Waals surface area contributed by atoms with Crippen LogP contribution in [0.1, 0.15) is 5.56 Å². The largest absolute Gasteiger partial charge is 0.495 e. The number of pyridine rings is 1. The van der Waals surface area contributed by atoms with Gasteiger partial charge >= 0.3 is 0 Å². The van der Waals surface area contributed by atoms with E-state index in [-0.39, 0.29) is 0 Å². The Morgan fingerprint density at radius 3 is 2.83 bits per heavy atom. The van der Waals surface area contributed by atoms with Crippen molar-refractivity contribution in [2.24, 2.45) is 0 Å². The molecule has 2 rings (SSSR count). The first kappa shape index (κ1) is 12.7. The number of nitrogen functional groups attached to an aromatic ring is 1. The van der Waals surface area contributed by atoms with E-state index in [0.717, 1.165) is 21.5 Å². The fourth-order valence-corrected chi connectivity index (χ4v) is 1.94. The maximum absolute atomic E-state index is 5.98. The predicted molar refractivity (Wildman–Crippen MR) is 77.4 cm³/mol. The van der Waals surface area contributed by atoms with Gasteiger partial charge in [0.05, 0.1) is 18.5 Å². The predicted octanol–water partition coefficient (Wildman–Crippen LogP) is 3.49. The fourth-order valence-electron chi connectivity index (χ4n) is 1.57. The quantitative estimate of drug-likeness (QED) is 0.911. The molecule has 0 aliphatic rings. The lowest BCUT2D eigenvalue weighted by Gasteiger charge is -2.13. The average molecular weight is 308 g/mol. The standard InChI is InChI=1S/C13H14BrN3O/c1-8-5-6-16-13(12(8)15)17-10-7-9(14)3-4-11(10)18-2/h3-7H,15H2,1-2H3,(H,16,17). The highest BCUT2D eigenvalue weighted by atomic mass is 79.9. The van der Waals surface area contributed by atoms with Crippen LogP contribution in [-0.2, 0) is 0 Å². The van der Waals surface area contributed by atoms with E-state index in [1.165, 1.54) is 0 Å². The summed E-state index contributed by atoms with van der Waals surface area (Å²) in [5, 5.41) is 3.18. The molecular weight excluding hydrogens is 294 g/mol. The molecule has 0 radical (unpaired) electrons. The van der Waals surface area contributed by atoms with Gasteiger partial charge in [-0.3, -0.25) is 0 Å². The van der Waals surface area contributed by atoms with E-state index in [9.17, 15) is 0 Å². The molecule has 0 atom stereocenters. The van der Waals surface area contributed by atoms with Crippen LogP contribution in [0, 0.1) is 6.92 Å². The van der Waals surface area contributed by atoms with E-state index in [2.05, 4.69) is 26.2 Å². The molecule has 2 aromatic rings. The van der Waals surface area contributed by atoms with E-state index in [1.54, 1.807) is 13.3 Å². The lowest BCUT2D eigenvalue weighted by molar-refractivity contribution is 0.416. The first-order valence-corrected chi connectivity index (χ1v) is 6.22. The minimum atomic E-state index is 0.631. The minimum absolute atomic E-state index is 0.631. The van der Waals surface area contributed by atoms with E-state index >= 15 is 0 Å². The number of nitrogens with one attached hydrogen (secondary N) is 1. The maximum Gasteiger partial charge on any atom is 0.153 e. The van der Waals surface area contributed by atoms with E-state index < -0.39 is 0 Å². The zero-order valence-electron chi connectivity index (χ0n) is 10.2. The Balaban J connectivity index is 2.39. The summed E-state index contributed by atoms with van der Waals surface area (Å²) in [6, 6.07) is 7.58. The van der Waals surface area contributed by atoms with Gasteiger partial charge in [0.1, 0.15) is 5.75 Å². The van der Waals surface area contributed by atoms with Gasteiger partial charge in [0.2, 0.25) is 0 Å². The number of hydrogen-bond donors (Lipinski definition) is 2. The van der Waals surface area contributed by atoms with Crippen LogP contribution in [0.25, 0.3) is 0 Å². The van der Waals surface area contributed by atoms with Gasteiger partial charge in [-0.25, -0.2) is 4.98 Å². The van der Waals surface area contributed by atoms with Gasteiger partial charge in [0.15, 0.2) is 5.82 Å². The van der Waals surface area contributed by atoms with Crippen molar-refractivity contribution in [1.29, 1.82) is 0 Å². The van der Waals surface area contributed by atoms with Crippen molar-refractivity contribution in [1.82, 2.24) is 4.98 Å². The van der Waals surface area contributed by atoms with Crippen LogP contribution in [0.4, 0.5) is 17.2 Å². The van der Waals surface area contributed by atoms with Gasteiger partial charge in [0.25, 0.3) is 0 Å². The topological polar surface area (TPSA) is 60.2 Å². The highest BCUT2D eigenvalue weighted by Gasteiger charge is 2.08. The highest BCUT2D eigenvalue weighted by molar-refractivity contribution is 9.10. The van der Waals surface area contributed by atoms with Crippen molar-refractivity contribution in [3.8, 4) is 5.75 Å². The summed E-state index contributed by atoms with van der Waals surface area (Å²) in [7, 11) is 1.63. The van der Waals surface area contributed by atoms with Crippen LogP contribution in [0.3, 0.4) is 0 Å². The number of benzene rings is 1. The molecule has 1 heterocycles. The number of nitrogens with two attached hydrogens (primary N) is 1. The Hall–Kier alpha value is -1.75. The van der Waals surface area contributed by atoms with Gasteiger partial charge in [-0.05, 0) is 36.8 Å². The molecule has 0 saturated carbocycles. The Bertz CT molecular complexity index is 572. The number of halogens is 1.